The lowest BCUT2D eigenvalue weighted by Gasteiger charge is -2.06. The molecule has 0 heterocycles. The first-order valence-corrected chi connectivity index (χ1v) is 8.05. The van der Waals surface area contributed by atoms with Crippen molar-refractivity contribution in [2.45, 2.75) is 13.8 Å². The molecule has 0 radical (unpaired) electrons. The maximum Gasteiger partial charge on any atom is 0.508 e. The van der Waals surface area contributed by atoms with E-state index in [0.29, 0.717) is 66.1 Å². The fraction of sp³-hybridized carbons (Fsp3) is 0.933. The van der Waals surface area contributed by atoms with Gasteiger partial charge in [0.2, 0.25) is 0 Å². The molecule has 0 bridgehead atoms. The lowest BCUT2D eigenvalue weighted by Crippen LogP contribution is -2.13. The second kappa shape index (κ2) is 24.3. The molecule has 0 aromatic rings. The van der Waals surface area contributed by atoms with E-state index in [2.05, 4.69) is 9.47 Å². The topological polar surface area (TPSA) is 113 Å². The van der Waals surface area contributed by atoms with Gasteiger partial charge in [0.25, 0.3) is 0 Å². The van der Waals surface area contributed by atoms with E-state index in [0.717, 1.165) is 0 Å². The van der Waals surface area contributed by atoms with Crippen molar-refractivity contribution >= 4 is 6.16 Å². The fourth-order valence-electron chi connectivity index (χ4n) is 1.17. The number of aliphatic hydroxyl groups excluding tert-OH is 2. The second-order valence-corrected chi connectivity index (χ2v) is 4.01. The number of aliphatic hydroxyl groups is 2. The predicted octanol–water partition coefficient (Wildman–Crippen LogP) is 0.217. The zero-order valence-corrected chi connectivity index (χ0v) is 14.7. The number of carbonyl (C=O) groups excluding carboxylic acids is 1. The quantitative estimate of drug-likeness (QED) is 0.314. The van der Waals surface area contributed by atoms with Crippen LogP contribution in [0.25, 0.3) is 0 Å². The molecule has 24 heavy (non-hydrogen) atoms. The Labute approximate surface area is 143 Å². The zero-order valence-electron chi connectivity index (χ0n) is 14.7. The fourth-order valence-corrected chi connectivity index (χ4v) is 1.17. The van der Waals surface area contributed by atoms with Gasteiger partial charge >= 0.3 is 6.16 Å². The van der Waals surface area contributed by atoms with E-state index < -0.39 is 6.16 Å². The van der Waals surface area contributed by atoms with Crippen molar-refractivity contribution in [1.82, 2.24) is 0 Å². The molecule has 0 aliphatic carbocycles. The Hall–Kier alpha value is -0.970. The molecule has 9 heteroatoms. The number of ether oxygens (including phenoxy) is 6. The highest BCUT2D eigenvalue weighted by Gasteiger charge is 1.96. The average molecular weight is 356 g/mol. The molecular weight excluding hydrogens is 324 g/mol. The first-order chi connectivity index (χ1) is 11.7. The Balaban J connectivity index is 0. The minimum Gasteiger partial charge on any atom is -0.435 e. The van der Waals surface area contributed by atoms with Gasteiger partial charge in [0.05, 0.1) is 79.3 Å². The molecule has 0 saturated carbocycles. The van der Waals surface area contributed by atoms with Gasteiger partial charge in [-0.1, -0.05) is 0 Å². The lowest BCUT2D eigenvalue weighted by molar-refractivity contribution is -0.00856. The van der Waals surface area contributed by atoms with Crippen molar-refractivity contribution in [3.63, 3.8) is 0 Å². The van der Waals surface area contributed by atoms with E-state index in [-0.39, 0.29) is 13.2 Å². The molecule has 2 N–H and O–H groups in total. The van der Waals surface area contributed by atoms with Crippen LogP contribution in [-0.2, 0) is 28.4 Å². The smallest absolute Gasteiger partial charge is 0.435 e. The van der Waals surface area contributed by atoms with Crippen LogP contribution in [0.15, 0.2) is 0 Å². The molecule has 0 aliphatic rings. The highest BCUT2D eigenvalue weighted by molar-refractivity contribution is 5.59. The Morgan fingerprint density at radius 1 is 0.625 bits per heavy atom. The number of hydrogen-bond donors (Lipinski definition) is 2. The third-order valence-electron chi connectivity index (χ3n) is 2.11. The third kappa shape index (κ3) is 26.0. The molecule has 0 saturated heterocycles. The molecule has 146 valence electrons. The van der Waals surface area contributed by atoms with E-state index >= 15 is 0 Å². The molecule has 0 atom stereocenters. The number of carbonyl (C=O) groups is 1. The van der Waals surface area contributed by atoms with Gasteiger partial charge in [0.15, 0.2) is 0 Å². The number of hydrogen-bond acceptors (Lipinski definition) is 9. The largest absolute Gasteiger partial charge is 0.508 e. The van der Waals surface area contributed by atoms with Crippen LogP contribution in [0.1, 0.15) is 13.8 Å². The summed E-state index contributed by atoms with van der Waals surface area (Å²) in [5, 5.41) is 16.8. The molecule has 0 rings (SSSR count). The van der Waals surface area contributed by atoms with Gasteiger partial charge in [-0.15, -0.1) is 0 Å². The van der Waals surface area contributed by atoms with Crippen LogP contribution in [0, 0.1) is 0 Å². The molecule has 0 amide bonds. The summed E-state index contributed by atoms with van der Waals surface area (Å²) in [6.45, 7) is 8.00. The van der Waals surface area contributed by atoms with Crippen LogP contribution in [0.4, 0.5) is 4.79 Å². The molecular formula is C15H32O9. The first kappa shape index (κ1) is 25.3. The SMILES string of the molecule is CCOC(=O)OCC.OCCOCCOCCOCCOCCO. The molecule has 9 nitrogen and oxygen atoms in total. The highest BCUT2D eigenvalue weighted by Crippen LogP contribution is 1.83. The van der Waals surface area contributed by atoms with E-state index in [4.69, 9.17) is 29.2 Å². The molecule has 0 fully saturated rings. The van der Waals surface area contributed by atoms with E-state index in [9.17, 15) is 4.79 Å². The van der Waals surface area contributed by atoms with E-state index in [1.54, 1.807) is 13.8 Å². The monoisotopic (exact) mass is 356 g/mol. The minimum atomic E-state index is -0.588. The van der Waals surface area contributed by atoms with Gasteiger partial charge in [0, 0.05) is 0 Å². The van der Waals surface area contributed by atoms with Crippen molar-refractivity contribution in [3.8, 4) is 0 Å². The Morgan fingerprint density at radius 3 is 1.17 bits per heavy atom. The standard InChI is InChI=1S/C10H22O6.C5H10O3/c11-1-3-13-5-7-15-9-10-16-8-6-14-4-2-12;1-3-7-5(6)8-4-2/h11-12H,1-10H2;3-4H2,1-2H3. The van der Waals surface area contributed by atoms with Crippen LogP contribution < -0.4 is 0 Å². The van der Waals surface area contributed by atoms with E-state index in [1.165, 1.54) is 0 Å². The van der Waals surface area contributed by atoms with Crippen LogP contribution in [0.2, 0.25) is 0 Å². The molecule has 0 aromatic carbocycles. The summed E-state index contributed by atoms with van der Waals surface area (Å²) >= 11 is 0. The van der Waals surface area contributed by atoms with Gasteiger partial charge in [-0.25, -0.2) is 4.79 Å². The van der Waals surface area contributed by atoms with Gasteiger partial charge < -0.3 is 38.6 Å². The maximum absolute atomic E-state index is 10.2. The summed E-state index contributed by atoms with van der Waals surface area (Å²) in [5.41, 5.74) is 0. The molecule has 0 aromatic heterocycles. The summed E-state index contributed by atoms with van der Waals surface area (Å²) in [6.07, 6.45) is -0.588. The molecule has 0 unspecified atom stereocenters. The normalized spacial score (nSPS) is 10.0. The van der Waals surface area contributed by atoms with Gasteiger partial charge in [-0.05, 0) is 13.8 Å². The van der Waals surface area contributed by atoms with Gasteiger partial charge in [-0.3, -0.25) is 0 Å². The summed E-state index contributed by atoms with van der Waals surface area (Å²) in [4.78, 5) is 10.2. The van der Waals surface area contributed by atoms with Crippen LogP contribution in [0.5, 0.6) is 0 Å². The van der Waals surface area contributed by atoms with Crippen LogP contribution in [-0.4, -0.2) is 95.7 Å². The Kier molecular flexibility index (Phi) is 25.6. The van der Waals surface area contributed by atoms with Crippen molar-refractivity contribution in [2.24, 2.45) is 0 Å². The summed E-state index contributed by atoms with van der Waals surface area (Å²) < 4.78 is 29.2. The summed E-state index contributed by atoms with van der Waals surface area (Å²) in [5.74, 6) is 0. The van der Waals surface area contributed by atoms with Gasteiger partial charge in [0.1, 0.15) is 0 Å². The first-order valence-electron chi connectivity index (χ1n) is 8.05. The van der Waals surface area contributed by atoms with Crippen molar-refractivity contribution < 1.29 is 43.4 Å². The average Bonchev–Trinajstić information content (AvgIpc) is 2.57. The Bertz CT molecular complexity index is 217. The van der Waals surface area contributed by atoms with Crippen molar-refractivity contribution in [2.75, 3.05) is 79.3 Å². The van der Waals surface area contributed by atoms with Crippen molar-refractivity contribution in [3.05, 3.63) is 0 Å². The van der Waals surface area contributed by atoms with Crippen LogP contribution >= 0.6 is 0 Å². The summed E-state index contributed by atoms with van der Waals surface area (Å²) in [6, 6.07) is 0. The third-order valence-corrected chi connectivity index (χ3v) is 2.11. The van der Waals surface area contributed by atoms with Crippen molar-refractivity contribution in [1.29, 1.82) is 0 Å². The zero-order chi connectivity index (χ0) is 18.3. The van der Waals surface area contributed by atoms with Crippen LogP contribution in [0.3, 0.4) is 0 Å². The molecule has 0 aliphatic heterocycles. The predicted molar refractivity (Wildman–Crippen MR) is 86.1 cm³/mol. The minimum absolute atomic E-state index is 0.0386. The van der Waals surface area contributed by atoms with E-state index in [1.807, 2.05) is 0 Å². The molecule has 0 spiro atoms. The Morgan fingerprint density at radius 2 is 0.917 bits per heavy atom. The number of rotatable bonds is 15. The maximum atomic E-state index is 10.2. The highest BCUT2D eigenvalue weighted by atomic mass is 16.7. The lowest BCUT2D eigenvalue weighted by atomic mass is 10.7. The summed E-state index contributed by atoms with van der Waals surface area (Å²) in [7, 11) is 0. The van der Waals surface area contributed by atoms with Gasteiger partial charge in [-0.2, -0.15) is 0 Å². The second-order valence-electron chi connectivity index (χ2n) is 4.01.